The Morgan fingerprint density at radius 2 is 2.15 bits per heavy atom. The van der Waals surface area contributed by atoms with Crippen molar-refractivity contribution in [2.24, 2.45) is 0 Å². The molecule has 0 spiro atoms. The van der Waals surface area contributed by atoms with Crippen molar-refractivity contribution in [3.63, 3.8) is 0 Å². The summed E-state index contributed by atoms with van der Waals surface area (Å²) in [5.74, 6) is -0.718. The molecule has 1 fully saturated rings. The summed E-state index contributed by atoms with van der Waals surface area (Å²) >= 11 is 0. The van der Waals surface area contributed by atoms with Crippen molar-refractivity contribution in [1.82, 2.24) is 10.1 Å². The highest BCUT2D eigenvalue weighted by Gasteiger charge is 2.31. The predicted octanol–water partition coefficient (Wildman–Crippen LogP) is 2.78. The van der Waals surface area contributed by atoms with Crippen molar-refractivity contribution in [2.45, 2.75) is 25.3 Å². The van der Waals surface area contributed by atoms with Gasteiger partial charge in [0.05, 0.1) is 25.4 Å². The van der Waals surface area contributed by atoms with E-state index in [2.05, 4.69) is 10.1 Å². The molecule has 10 heteroatoms. The molecule has 2 unspecified atom stereocenters. The van der Waals surface area contributed by atoms with Crippen molar-refractivity contribution >= 4 is 5.97 Å². The number of aromatic nitrogens is 2. The molecule has 3 rings (SSSR count). The molecule has 0 amide bonds. The second kappa shape index (κ2) is 7.42. The van der Waals surface area contributed by atoms with Crippen LogP contribution in [0.3, 0.4) is 0 Å². The number of nitrogens with zero attached hydrogens (tertiary/aromatic N) is 2. The fourth-order valence-corrected chi connectivity index (χ4v) is 2.28. The number of benzene rings is 1. The zero-order chi connectivity index (χ0) is 18.7. The van der Waals surface area contributed by atoms with Crippen molar-refractivity contribution in [1.29, 1.82) is 0 Å². The fraction of sp³-hybridized carbons (Fsp3) is 0.438. The third kappa shape index (κ3) is 4.20. The lowest BCUT2D eigenvalue weighted by molar-refractivity contribution is -0.176. The van der Waals surface area contributed by atoms with E-state index in [-0.39, 0.29) is 30.5 Å². The number of ether oxygens (including phenoxy) is 3. The van der Waals surface area contributed by atoms with Crippen molar-refractivity contribution in [3.05, 3.63) is 35.7 Å². The van der Waals surface area contributed by atoms with Gasteiger partial charge in [0.1, 0.15) is 0 Å². The maximum absolute atomic E-state index is 12.8. The van der Waals surface area contributed by atoms with Crippen LogP contribution < -0.4 is 0 Å². The maximum atomic E-state index is 12.8. The number of esters is 1. The lowest BCUT2D eigenvalue weighted by Crippen LogP contribution is -2.37. The van der Waals surface area contributed by atoms with Crippen LogP contribution in [0.5, 0.6) is 0 Å². The minimum absolute atomic E-state index is 0.0359. The number of carbonyl (C=O) groups is 1. The second-order valence-corrected chi connectivity index (χ2v) is 5.55. The molecule has 1 aliphatic heterocycles. The first kappa shape index (κ1) is 18.3. The fourth-order valence-electron chi connectivity index (χ4n) is 2.28. The summed E-state index contributed by atoms with van der Waals surface area (Å²) in [6.45, 7) is 2.29. The Morgan fingerprint density at radius 1 is 1.35 bits per heavy atom. The largest absolute Gasteiger partial charge is 0.451 e. The van der Waals surface area contributed by atoms with E-state index in [4.69, 9.17) is 18.7 Å². The number of hydrogen-bond donors (Lipinski definition) is 0. The minimum Gasteiger partial charge on any atom is -0.451 e. The molecule has 140 valence electrons. The van der Waals surface area contributed by atoms with E-state index in [1.54, 1.807) is 0 Å². The molecule has 0 N–H and O–H groups in total. The van der Waals surface area contributed by atoms with Crippen molar-refractivity contribution < 1.29 is 36.7 Å². The highest BCUT2D eigenvalue weighted by Crippen LogP contribution is 2.31. The minimum atomic E-state index is -4.48. The number of hydrogen-bond acceptors (Lipinski definition) is 7. The zero-order valence-corrected chi connectivity index (χ0v) is 13.7. The van der Waals surface area contributed by atoms with Crippen LogP contribution in [0.1, 0.15) is 24.5 Å². The third-order valence-corrected chi connectivity index (χ3v) is 3.61. The highest BCUT2D eigenvalue weighted by molar-refractivity contribution is 5.75. The van der Waals surface area contributed by atoms with Crippen LogP contribution in [0.15, 0.2) is 28.8 Å². The molecular formula is C16H15F3N2O5. The topological polar surface area (TPSA) is 83.7 Å². The number of halogens is 3. The molecule has 0 bridgehead atoms. The van der Waals surface area contributed by atoms with Gasteiger partial charge >= 0.3 is 12.1 Å². The van der Waals surface area contributed by atoms with Crippen LogP contribution in [0.4, 0.5) is 13.2 Å². The molecule has 2 heterocycles. The molecule has 1 aromatic heterocycles. The first-order valence-electron chi connectivity index (χ1n) is 7.75. The van der Waals surface area contributed by atoms with Gasteiger partial charge < -0.3 is 18.7 Å². The Morgan fingerprint density at radius 3 is 2.85 bits per heavy atom. The smallest absolute Gasteiger partial charge is 0.416 e. The molecule has 1 aliphatic rings. The van der Waals surface area contributed by atoms with E-state index in [1.807, 2.05) is 0 Å². The van der Waals surface area contributed by atoms with Crippen LogP contribution in [0.25, 0.3) is 11.4 Å². The molecule has 0 radical (unpaired) electrons. The average Bonchev–Trinajstić information content (AvgIpc) is 3.12. The first-order chi connectivity index (χ1) is 12.3. The Bertz CT molecular complexity index is 771. The molecule has 1 aromatic carbocycles. The van der Waals surface area contributed by atoms with Crippen molar-refractivity contribution in [2.75, 3.05) is 19.8 Å². The van der Waals surface area contributed by atoms with E-state index in [0.717, 1.165) is 12.1 Å². The van der Waals surface area contributed by atoms with Gasteiger partial charge in [0.2, 0.25) is 5.82 Å². The summed E-state index contributed by atoms with van der Waals surface area (Å²) in [6.07, 6.45) is -6.20. The monoisotopic (exact) mass is 372 g/mol. The van der Waals surface area contributed by atoms with Gasteiger partial charge in [-0.3, -0.25) is 0 Å². The van der Waals surface area contributed by atoms with E-state index in [0.29, 0.717) is 6.61 Å². The number of alkyl halides is 3. The van der Waals surface area contributed by atoms with E-state index < -0.39 is 29.9 Å². The third-order valence-electron chi connectivity index (χ3n) is 3.61. The van der Waals surface area contributed by atoms with Gasteiger partial charge in [-0.25, -0.2) is 4.79 Å². The zero-order valence-electron chi connectivity index (χ0n) is 13.7. The van der Waals surface area contributed by atoms with E-state index in [1.165, 1.54) is 19.1 Å². The standard InChI is InChI=1S/C16H15F3N2O5/c1-9(25-15(22)12-8-23-5-6-24-12)14-20-13(21-26-14)10-3-2-4-11(7-10)16(17,18)19/h2-4,7,9,12H,5-6,8H2,1H3. The maximum Gasteiger partial charge on any atom is 0.416 e. The summed E-state index contributed by atoms with van der Waals surface area (Å²) < 4.78 is 58.9. The molecule has 1 saturated heterocycles. The van der Waals surface area contributed by atoms with Gasteiger partial charge in [0, 0.05) is 5.56 Å². The van der Waals surface area contributed by atoms with Crippen molar-refractivity contribution in [3.8, 4) is 11.4 Å². The number of carbonyl (C=O) groups excluding carboxylic acids is 1. The van der Waals surface area contributed by atoms with Gasteiger partial charge in [-0.15, -0.1) is 0 Å². The molecule has 0 saturated carbocycles. The summed E-state index contributed by atoms with van der Waals surface area (Å²) in [7, 11) is 0. The van der Waals surface area contributed by atoms with E-state index in [9.17, 15) is 18.0 Å². The van der Waals surface area contributed by atoms with Crippen LogP contribution in [0.2, 0.25) is 0 Å². The predicted molar refractivity (Wildman–Crippen MR) is 79.8 cm³/mol. The Hall–Kier alpha value is -2.46. The second-order valence-electron chi connectivity index (χ2n) is 5.55. The van der Waals surface area contributed by atoms with Gasteiger partial charge in [-0.2, -0.15) is 18.2 Å². The molecule has 7 nitrogen and oxygen atoms in total. The highest BCUT2D eigenvalue weighted by atomic mass is 19.4. The Kier molecular flexibility index (Phi) is 5.23. The Labute approximate surface area is 146 Å². The quantitative estimate of drug-likeness (QED) is 0.763. The first-order valence-corrected chi connectivity index (χ1v) is 7.75. The van der Waals surface area contributed by atoms with Crippen LogP contribution >= 0.6 is 0 Å². The van der Waals surface area contributed by atoms with Gasteiger partial charge in [-0.1, -0.05) is 17.3 Å². The lowest BCUT2D eigenvalue weighted by atomic mass is 10.1. The number of rotatable bonds is 4. The lowest BCUT2D eigenvalue weighted by Gasteiger charge is -2.22. The molecule has 2 atom stereocenters. The summed E-state index contributed by atoms with van der Waals surface area (Å²) in [4.78, 5) is 16.0. The summed E-state index contributed by atoms with van der Waals surface area (Å²) in [5.41, 5.74) is -0.687. The molecule has 26 heavy (non-hydrogen) atoms. The SMILES string of the molecule is CC(OC(=O)C1COCCO1)c1nc(-c2cccc(C(F)(F)F)c2)no1. The normalized spacial score (nSPS) is 19.2. The summed E-state index contributed by atoms with van der Waals surface area (Å²) in [5, 5.41) is 3.65. The molecule has 2 aromatic rings. The van der Waals surface area contributed by atoms with Gasteiger partial charge in [-0.05, 0) is 19.1 Å². The molecular weight excluding hydrogens is 357 g/mol. The van der Waals surface area contributed by atoms with Crippen LogP contribution in [0, 0.1) is 0 Å². The summed E-state index contributed by atoms with van der Waals surface area (Å²) in [6, 6.07) is 4.53. The van der Waals surface area contributed by atoms with Gasteiger partial charge in [0.25, 0.3) is 5.89 Å². The Balaban J connectivity index is 1.70. The van der Waals surface area contributed by atoms with Crippen LogP contribution in [-0.4, -0.2) is 42.0 Å². The van der Waals surface area contributed by atoms with Crippen LogP contribution in [-0.2, 0) is 25.2 Å². The van der Waals surface area contributed by atoms with Gasteiger partial charge in [0.15, 0.2) is 12.2 Å². The van der Waals surface area contributed by atoms with E-state index >= 15 is 0 Å². The molecule has 0 aliphatic carbocycles. The average molecular weight is 372 g/mol.